The van der Waals surface area contributed by atoms with Crippen molar-refractivity contribution in [2.24, 2.45) is 5.92 Å². The summed E-state index contributed by atoms with van der Waals surface area (Å²) in [6.45, 7) is 2.87. The molecule has 1 aromatic heterocycles. The molecule has 0 amide bonds. The molecule has 14 heavy (non-hydrogen) atoms. The van der Waals surface area contributed by atoms with Crippen LogP contribution in [0, 0.1) is 5.92 Å². The van der Waals surface area contributed by atoms with E-state index in [9.17, 15) is 4.79 Å². The van der Waals surface area contributed by atoms with Gasteiger partial charge >= 0.3 is 0 Å². The van der Waals surface area contributed by atoms with Crippen molar-refractivity contribution in [3.05, 3.63) is 28.7 Å². The smallest absolute Gasteiger partial charge is 0.266 e. The van der Waals surface area contributed by atoms with Gasteiger partial charge in [-0.15, -0.1) is 0 Å². The van der Waals surface area contributed by atoms with Crippen molar-refractivity contribution in [3.8, 4) is 0 Å². The standard InChI is InChI=1S/C10H16N2OS/c1-9(5-8-14)4-7-12-10(13)3-2-6-11-12/h2-3,6,9,14H,4-5,7-8H2,1H3. The SMILES string of the molecule is CC(CCS)CCn1ncccc1=O. The molecular weight excluding hydrogens is 196 g/mol. The Morgan fingerprint density at radius 3 is 3.00 bits per heavy atom. The number of nitrogens with zero attached hydrogens (tertiary/aromatic N) is 2. The molecule has 1 rings (SSSR count). The quantitative estimate of drug-likeness (QED) is 0.752. The molecule has 0 aliphatic heterocycles. The van der Waals surface area contributed by atoms with E-state index in [1.54, 1.807) is 12.3 Å². The molecule has 0 saturated heterocycles. The second-order valence-corrected chi connectivity index (χ2v) is 3.94. The molecule has 1 aromatic rings. The molecule has 0 aliphatic rings. The molecule has 1 heterocycles. The van der Waals surface area contributed by atoms with E-state index in [4.69, 9.17) is 0 Å². The third-order valence-electron chi connectivity index (χ3n) is 2.24. The van der Waals surface area contributed by atoms with Crippen LogP contribution in [0.15, 0.2) is 23.1 Å². The maximum Gasteiger partial charge on any atom is 0.266 e. The first-order valence-corrected chi connectivity index (χ1v) is 5.50. The van der Waals surface area contributed by atoms with Gasteiger partial charge < -0.3 is 0 Å². The Kier molecular flexibility index (Phi) is 4.73. The minimum absolute atomic E-state index is 0.0226. The fraction of sp³-hybridized carbons (Fsp3) is 0.600. The van der Waals surface area contributed by atoms with Crippen LogP contribution < -0.4 is 5.56 Å². The highest BCUT2D eigenvalue weighted by Gasteiger charge is 2.02. The monoisotopic (exact) mass is 212 g/mol. The maximum atomic E-state index is 11.3. The van der Waals surface area contributed by atoms with E-state index in [1.807, 2.05) is 0 Å². The first kappa shape index (κ1) is 11.3. The van der Waals surface area contributed by atoms with Gasteiger partial charge in [-0.1, -0.05) is 6.92 Å². The summed E-state index contributed by atoms with van der Waals surface area (Å²) in [7, 11) is 0. The molecular formula is C10H16N2OS. The lowest BCUT2D eigenvalue weighted by Gasteiger charge is -2.09. The minimum atomic E-state index is -0.0226. The normalized spacial score (nSPS) is 12.7. The van der Waals surface area contributed by atoms with E-state index in [-0.39, 0.29) is 5.56 Å². The Labute approximate surface area is 89.6 Å². The van der Waals surface area contributed by atoms with Crippen LogP contribution in [0.5, 0.6) is 0 Å². The van der Waals surface area contributed by atoms with E-state index in [2.05, 4.69) is 24.7 Å². The van der Waals surface area contributed by atoms with Crippen molar-refractivity contribution >= 4 is 12.6 Å². The Balaban J connectivity index is 2.46. The molecule has 0 aromatic carbocycles. The van der Waals surface area contributed by atoms with Gasteiger partial charge in [-0.05, 0) is 30.6 Å². The number of hydrogen-bond donors (Lipinski definition) is 1. The second kappa shape index (κ2) is 5.86. The molecule has 1 atom stereocenters. The van der Waals surface area contributed by atoms with Crippen LogP contribution in [0.25, 0.3) is 0 Å². The molecule has 78 valence electrons. The summed E-state index contributed by atoms with van der Waals surface area (Å²) >= 11 is 4.18. The van der Waals surface area contributed by atoms with Crippen molar-refractivity contribution in [2.45, 2.75) is 26.3 Å². The van der Waals surface area contributed by atoms with E-state index in [0.717, 1.165) is 18.6 Å². The molecule has 0 spiro atoms. The lowest BCUT2D eigenvalue weighted by atomic mass is 10.1. The third kappa shape index (κ3) is 3.54. The highest BCUT2D eigenvalue weighted by Crippen LogP contribution is 2.08. The van der Waals surface area contributed by atoms with Crippen molar-refractivity contribution < 1.29 is 0 Å². The van der Waals surface area contributed by atoms with E-state index in [1.165, 1.54) is 10.7 Å². The van der Waals surface area contributed by atoms with Gasteiger partial charge in [-0.25, -0.2) is 4.68 Å². The number of aryl methyl sites for hydroxylation is 1. The van der Waals surface area contributed by atoms with Gasteiger partial charge in [0.25, 0.3) is 5.56 Å². The van der Waals surface area contributed by atoms with E-state index < -0.39 is 0 Å². The zero-order valence-electron chi connectivity index (χ0n) is 8.39. The van der Waals surface area contributed by atoms with Crippen LogP contribution in [0.1, 0.15) is 19.8 Å². The van der Waals surface area contributed by atoms with Crippen LogP contribution in [0.2, 0.25) is 0 Å². The highest BCUT2D eigenvalue weighted by atomic mass is 32.1. The lowest BCUT2D eigenvalue weighted by Crippen LogP contribution is -2.22. The molecule has 0 saturated carbocycles. The van der Waals surface area contributed by atoms with Gasteiger partial charge in [0.2, 0.25) is 0 Å². The van der Waals surface area contributed by atoms with Crippen molar-refractivity contribution in [2.75, 3.05) is 5.75 Å². The number of thiol groups is 1. The van der Waals surface area contributed by atoms with Crippen LogP contribution in [-0.2, 0) is 6.54 Å². The molecule has 0 aliphatic carbocycles. The average Bonchev–Trinajstić information content (AvgIpc) is 2.17. The summed E-state index contributed by atoms with van der Waals surface area (Å²) in [6.07, 6.45) is 3.72. The van der Waals surface area contributed by atoms with Crippen LogP contribution in [-0.4, -0.2) is 15.5 Å². The largest absolute Gasteiger partial charge is 0.268 e. The van der Waals surface area contributed by atoms with Crippen molar-refractivity contribution in [1.29, 1.82) is 0 Å². The molecule has 3 nitrogen and oxygen atoms in total. The first-order valence-electron chi connectivity index (χ1n) is 4.87. The van der Waals surface area contributed by atoms with Gasteiger partial charge in [-0.2, -0.15) is 17.7 Å². The predicted octanol–water partition coefficient (Wildman–Crippen LogP) is 1.59. The Morgan fingerprint density at radius 1 is 1.57 bits per heavy atom. The zero-order chi connectivity index (χ0) is 10.4. The van der Waals surface area contributed by atoms with Crippen molar-refractivity contribution in [1.82, 2.24) is 9.78 Å². The molecule has 0 fully saturated rings. The maximum absolute atomic E-state index is 11.3. The molecule has 1 unspecified atom stereocenters. The molecule has 4 heteroatoms. The van der Waals surface area contributed by atoms with E-state index >= 15 is 0 Å². The minimum Gasteiger partial charge on any atom is -0.268 e. The lowest BCUT2D eigenvalue weighted by molar-refractivity contribution is 0.440. The molecule has 0 radical (unpaired) electrons. The predicted molar refractivity (Wildman–Crippen MR) is 60.7 cm³/mol. The van der Waals surface area contributed by atoms with Crippen LogP contribution >= 0.6 is 12.6 Å². The average molecular weight is 212 g/mol. The van der Waals surface area contributed by atoms with Crippen LogP contribution in [0.4, 0.5) is 0 Å². The fourth-order valence-electron chi connectivity index (χ4n) is 1.26. The van der Waals surface area contributed by atoms with Gasteiger partial charge in [0.15, 0.2) is 0 Å². The first-order chi connectivity index (χ1) is 6.74. The van der Waals surface area contributed by atoms with Crippen LogP contribution in [0.3, 0.4) is 0 Å². The van der Waals surface area contributed by atoms with Gasteiger partial charge in [0.1, 0.15) is 0 Å². The zero-order valence-corrected chi connectivity index (χ0v) is 9.28. The van der Waals surface area contributed by atoms with E-state index in [0.29, 0.717) is 12.5 Å². The van der Waals surface area contributed by atoms with Gasteiger partial charge in [-0.3, -0.25) is 4.79 Å². The Bertz CT molecular complexity index is 324. The summed E-state index contributed by atoms with van der Waals surface area (Å²) in [4.78, 5) is 11.3. The van der Waals surface area contributed by atoms with Gasteiger partial charge in [0.05, 0.1) is 0 Å². The second-order valence-electron chi connectivity index (χ2n) is 3.49. The fourth-order valence-corrected chi connectivity index (χ4v) is 1.70. The van der Waals surface area contributed by atoms with Crippen molar-refractivity contribution in [3.63, 3.8) is 0 Å². The topological polar surface area (TPSA) is 34.9 Å². The number of hydrogen-bond acceptors (Lipinski definition) is 3. The summed E-state index contributed by atoms with van der Waals surface area (Å²) in [5.41, 5.74) is -0.0226. The third-order valence-corrected chi connectivity index (χ3v) is 2.50. The van der Waals surface area contributed by atoms with Gasteiger partial charge in [0, 0.05) is 18.8 Å². The summed E-state index contributed by atoms with van der Waals surface area (Å²) in [5, 5.41) is 4.00. The number of aromatic nitrogens is 2. The molecule has 0 N–H and O–H groups in total. The Hall–Kier alpha value is -0.770. The summed E-state index contributed by atoms with van der Waals surface area (Å²) < 4.78 is 1.51. The summed E-state index contributed by atoms with van der Waals surface area (Å²) in [5.74, 6) is 1.50. The molecule has 0 bridgehead atoms. The number of rotatable bonds is 5. The highest BCUT2D eigenvalue weighted by molar-refractivity contribution is 7.80. The summed E-state index contributed by atoms with van der Waals surface area (Å²) in [6, 6.07) is 3.20. The Morgan fingerprint density at radius 2 is 2.36 bits per heavy atom.